The number of nitrogens with one attached hydrogen (secondary N) is 1. The molecule has 0 aliphatic rings. The Balaban J connectivity index is 2.29. The van der Waals surface area contributed by atoms with Gasteiger partial charge in [-0.1, -0.05) is 51.0 Å². The predicted molar refractivity (Wildman–Crippen MR) is 120 cm³/mol. The SMILES string of the molecule is C/C(=C\C=C\CCCCCCOCc1ccc(C(F)(F)F)cc1C(F)(F)F)C(=O)NCC(C)C. The highest BCUT2D eigenvalue weighted by Crippen LogP contribution is 2.37. The first kappa shape index (κ1) is 29.7. The van der Waals surface area contributed by atoms with E-state index < -0.39 is 30.1 Å². The van der Waals surface area contributed by atoms with Crippen molar-refractivity contribution in [2.45, 2.75) is 71.8 Å². The lowest BCUT2D eigenvalue weighted by Gasteiger charge is -2.16. The van der Waals surface area contributed by atoms with E-state index >= 15 is 0 Å². The molecule has 1 N–H and O–H groups in total. The molecule has 0 bridgehead atoms. The molecule has 0 saturated heterocycles. The molecule has 0 saturated carbocycles. The van der Waals surface area contributed by atoms with Gasteiger partial charge in [-0.25, -0.2) is 0 Å². The fraction of sp³-hybridized carbons (Fsp3) is 0.560. The summed E-state index contributed by atoms with van der Waals surface area (Å²) < 4.78 is 82.7. The van der Waals surface area contributed by atoms with Crippen LogP contribution in [0.1, 0.15) is 69.6 Å². The van der Waals surface area contributed by atoms with Gasteiger partial charge in [-0.05, 0) is 49.8 Å². The number of unbranched alkanes of at least 4 members (excludes halogenated alkanes) is 4. The molecule has 0 heterocycles. The lowest BCUT2D eigenvalue weighted by molar-refractivity contribution is -0.143. The summed E-state index contributed by atoms with van der Waals surface area (Å²) in [6.45, 7) is 6.25. The summed E-state index contributed by atoms with van der Waals surface area (Å²) in [6.07, 6.45) is -0.0438. The molecule has 3 nitrogen and oxygen atoms in total. The molecule has 192 valence electrons. The van der Waals surface area contributed by atoms with E-state index in [9.17, 15) is 31.1 Å². The van der Waals surface area contributed by atoms with Crippen LogP contribution in [0.25, 0.3) is 0 Å². The van der Waals surface area contributed by atoms with Crippen LogP contribution in [0.3, 0.4) is 0 Å². The van der Waals surface area contributed by atoms with Gasteiger partial charge in [0.05, 0.1) is 17.7 Å². The second-order valence-corrected chi connectivity index (χ2v) is 8.50. The maximum atomic E-state index is 13.1. The van der Waals surface area contributed by atoms with Crippen LogP contribution in [0.15, 0.2) is 42.0 Å². The normalized spacial score (nSPS) is 13.2. The molecular weight excluding hydrogens is 460 g/mol. The standard InChI is InChI=1S/C25H33F6NO2/c1-18(2)16-32-23(33)19(3)11-9-7-5-4-6-8-10-14-34-17-20-12-13-21(24(26,27)28)15-22(20)25(29,30)31/h7,9,11-13,15,18H,4-6,8,10,14,16-17H2,1-3H3,(H,32,33)/b9-7+,19-11+. The van der Waals surface area contributed by atoms with Crippen molar-refractivity contribution in [3.63, 3.8) is 0 Å². The molecule has 34 heavy (non-hydrogen) atoms. The maximum Gasteiger partial charge on any atom is 0.416 e. The van der Waals surface area contributed by atoms with Crippen LogP contribution in [0.5, 0.6) is 0 Å². The average molecular weight is 494 g/mol. The van der Waals surface area contributed by atoms with Crippen molar-refractivity contribution in [1.82, 2.24) is 5.32 Å². The van der Waals surface area contributed by atoms with Gasteiger partial charge in [0, 0.05) is 18.7 Å². The topological polar surface area (TPSA) is 38.3 Å². The minimum absolute atomic E-state index is 0.0861. The first-order chi connectivity index (χ1) is 15.8. The van der Waals surface area contributed by atoms with Crippen molar-refractivity contribution in [2.75, 3.05) is 13.2 Å². The molecular formula is C25H33F6NO2. The summed E-state index contributed by atoms with van der Waals surface area (Å²) >= 11 is 0. The zero-order chi connectivity index (χ0) is 25.8. The Bertz CT molecular complexity index is 826. The monoisotopic (exact) mass is 493 g/mol. The third-order valence-corrected chi connectivity index (χ3v) is 4.92. The van der Waals surface area contributed by atoms with Gasteiger partial charge < -0.3 is 10.1 Å². The molecule has 0 fully saturated rings. The number of alkyl halides is 6. The minimum atomic E-state index is -4.89. The molecule has 0 aliphatic carbocycles. The number of carbonyl (C=O) groups is 1. The van der Waals surface area contributed by atoms with Crippen LogP contribution in [0, 0.1) is 5.92 Å². The predicted octanol–water partition coefficient (Wildman–Crippen LogP) is 7.47. The number of carbonyl (C=O) groups excluding carboxylic acids is 1. The molecule has 0 radical (unpaired) electrons. The maximum absolute atomic E-state index is 13.1. The van der Waals surface area contributed by atoms with Gasteiger partial charge in [0.25, 0.3) is 0 Å². The van der Waals surface area contributed by atoms with E-state index in [0.29, 0.717) is 30.5 Å². The van der Waals surface area contributed by atoms with Crippen LogP contribution in [-0.2, 0) is 28.5 Å². The van der Waals surface area contributed by atoms with Crippen molar-refractivity contribution < 1.29 is 35.9 Å². The van der Waals surface area contributed by atoms with Crippen molar-refractivity contribution >= 4 is 5.91 Å². The highest BCUT2D eigenvalue weighted by molar-refractivity contribution is 5.93. The Morgan fingerprint density at radius 3 is 2.32 bits per heavy atom. The summed E-state index contributed by atoms with van der Waals surface area (Å²) in [5.74, 6) is 0.303. The molecule has 1 aromatic carbocycles. The third-order valence-electron chi connectivity index (χ3n) is 4.92. The second kappa shape index (κ2) is 14.2. The highest BCUT2D eigenvalue weighted by Gasteiger charge is 2.38. The van der Waals surface area contributed by atoms with E-state index in [4.69, 9.17) is 4.74 Å². The Hall–Kier alpha value is -2.29. The van der Waals surface area contributed by atoms with Gasteiger partial charge in [-0.15, -0.1) is 0 Å². The zero-order valence-electron chi connectivity index (χ0n) is 19.8. The number of amides is 1. The molecule has 0 atom stereocenters. The summed E-state index contributed by atoms with van der Waals surface area (Å²) in [7, 11) is 0. The van der Waals surface area contributed by atoms with Crippen LogP contribution in [0.4, 0.5) is 26.3 Å². The first-order valence-corrected chi connectivity index (χ1v) is 11.3. The number of halogens is 6. The summed E-state index contributed by atoms with van der Waals surface area (Å²) in [6, 6.07) is 1.58. The molecule has 0 unspecified atom stereocenters. The van der Waals surface area contributed by atoms with Gasteiger partial charge in [0.15, 0.2) is 0 Å². The van der Waals surface area contributed by atoms with Crippen molar-refractivity contribution in [3.8, 4) is 0 Å². The van der Waals surface area contributed by atoms with E-state index in [1.807, 2.05) is 26.0 Å². The fourth-order valence-electron chi connectivity index (χ4n) is 2.97. The van der Waals surface area contributed by atoms with Crippen molar-refractivity contribution in [3.05, 3.63) is 58.7 Å². The summed E-state index contributed by atoms with van der Waals surface area (Å²) in [5, 5.41) is 2.84. The molecule has 1 rings (SSSR count). The average Bonchev–Trinajstić information content (AvgIpc) is 2.74. The van der Waals surface area contributed by atoms with Gasteiger partial charge in [-0.3, -0.25) is 4.79 Å². The highest BCUT2D eigenvalue weighted by atomic mass is 19.4. The van der Waals surface area contributed by atoms with Crippen LogP contribution >= 0.6 is 0 Å². The lowest BCUT2D eigenvalue weighted by atomic mass is 10.0. The largest absolute Gasteiger partial charge is 0.416 e. The molecule has 0 aromatic heterocycles. The van der Waals surface area contributed by atoms with E-state index in [-0.39, 0.29) is 24.1 Å². The van der Waals surface area contributed by atoms with Crippen molar-refractivity contribution in [1.29, 1.82) is 0 Å². The Kier molecular flexibility index (Phi) is 12.4. The number of hydrogen-bond acceptors (Lipinski definition) is 2. The van der Waals surface area contributed by atoms with Crippen molar-refractivity contribution in [2.24, 2.45) is 5.92 Å². The minimum Gasteiger partial charge on any atom is -0.377 e. The summed E-state index contributed by atoms with van der Waals surface area (Å²) in [4.78, 5) is 11.8. The molecule has 0 aliphatic heterocycles. The van der Waals surface area contributed by atoms with Gasteiger partial charge in [0.2, 0.25) is 5.91 Å². The number of ether oxygens (including phenoxy) is 1. The van der Waals surface area contributed by atoms with E-state index in [2.05, 4.69) is 5.32 Å². The molecule has 9 heteroatoms. The molecule has 1 aromatic rings. The third kappa shape index (κ3) is 11.7. The number of benzene rings is 1. The van der Waals surface area contributed by atoms with Gasteiger partial charge >= 0.3 is 12.4 Å². The first-order valence-electron chi connectivity index (χ1n) is 11.3. The molecule has 1 amide bonds. The van der Waals surface area contributed by atoms with Crippen LogP contribution in [0.2, 0.25) is 0 Å². The summed E-state index contributed by atoms with van der Waals surface area (Å²) in [5.41, 5.74) is -2.34. The zero-order valence-corrected chi connectivity index (χ0v) is 19.8. The number of allylic oxidation sites excluding steroid dienone is 3. The number of rotatable bonds is 13. The van der Waals surface area contributed by atoms with Gasteiger partial charge in [-0.2, -0.15) is 26.3 Å². The quantitative estimate of drug-likeness (QED) is 0.134. The van der Waals surface area contributed by atoms with E-state index in [0.717, 1.165) is 31.7 Å². The smallest absolute Gasteiger partial charge is 0.377 e. The Morgan fingerprint density at radius 2 is 1.71 bits per heavy atom. The lowest BCUT2D eigenvalue weighted by Crippen LogP contribution is -2.27. The van der Waals surface area contributed by atoms with Crippen LogP contribution in [-0.4, -0.2) is 19.1 Å². The van der Waals surface area contributed by atoms with E-state index in [1.54, 1.807) is 13.0 Å². The molecule has 0 spiro atoms. The van der Waals surface area contributed by atoms with Crippen LogP contribution < -0.4 is 5.32 Å². The second-order valence-electron chi connectivity index (χ2n) is 8.50. The Labute approximate surface area is 197 Å². The van der Waals surface area contributed by atoms with E-state index in [1.165, 1.54) is 0 Å². The number of hydrogen-bond donors (Lipinski definition) is 1. The van der Waals surface area contributed by atoms with Gasteiger partial charge in [0.1, 0.15) is 0 Å². The Morgan fingerprint density at radius 1 is 1.03 bits per heavy atom. The fourth-order valence-corrected chi connectivity index (χ4v) is 2.97.